The number of hydrogen-bond donors (Lipinski definition) is 0. The lowest BCUT2D eigenvalue weighted by atomic mass is 9.77. The summed E-state index contributed by atoms with van der Waals surface area (Å²) in [5, 5.41) is 0. The van der Waals surface area contributed by atoms with E-state index in [2.05, 4.69) is 0 Å². The Morgan fingerprint density at radius 1 is 1.44 bits per heavy atom. The Kier molecular flexibility index (Phi) is 4.65. The highest BCUT2D eigenvalue weighted by atomic mass is 16.5. The van der Waals surface area contributed by atoms with Gasteiger partial charge in [0.1, 0.15) is 17.5 Å². The first-order valence-corrected chi connectivity index (χ1v) is 5.77. The molecule has 0 radical (unpaired) electrons. The SMILES string of the molecule is CCOC(=O)C(C(C)=O)C1CCCCC1=O. The van der Waals surface area contributed by atoms with E-state index in [0.717, 1.165) is 12.8 Å². The number of carbonyl (C=O) groups is 3. The molecule has 0 aromatic heterocycles. The van der Waals surface area contributed by atoms with Crippen LogP contribution in [0, 0.1) is 11.8 Å². The molecule has 1 aliphatic carbocycles. The number of ketones is 2. The number of ether oxygens (including phenoxy) is 1. The minimum absolute atomic E-state index is 0.0273. The Bertz CT molecular complexity index is 295. The summed E-state index contributed by atoms with van der Waals surface area (Å²) in [4.78, 5) is 34.8. The monoisotopic (exact) mass is 226 g/mol. The van der Waals surface area contributed by atoms with Crippen LogP contribution in [-0.4, -0.2) is 24.1 Å². The third-order valence-electron chi connectivity index (χ3n) is 2.98. The van der Waals surface area contributed by atoms with Crippen molar-refractivity contribution in [2.24, 2.45) is 11.8 Å². The predicted octanol–water partition coefficient (Wildman–Crippen LogP) is 1.51. The first-order chi connectivity index (χ1) is 7.57. The standard InChI is InChI=1S/C12H18O4/c1-3-16-12(15)11(8(2)13)9-6-4-5-7-10(9)14/h9,11H,3-7H2,1-2H3. The summed E-state index contributed by atoms with van der Waals surface area (Å²) in [6.45, 7) is 3.28. The minimum atomic E-state index is -0.882. The molecule has 4 heteroatoms. The Labute approximate surface area is 95.3 Å². The maximum absolute atomic E-state index is 11.7. The van der Waals surface area contributed by atoms with E-state index in [1.807, 2.05) is 0 Å². The second-order valence-electron chi connectivity index (χ2n) is 4.16. The Morgan fingerprint density at radius 2 is 2.12 bits per heavy atom. The lowest BCUT2D eigenvalue weighted by Crippen LogP contribution is -2.37. The van der Waals surface area contributed by atoms with E-state index in [1.54, 1.807) is 6.92 Å². The van der Waals surface area contributed by atoms with Crippen LogP contribution in [0.2, 0.25) is 0 Å². The van der Waals surface area contributed by atoms with Crippen LogP contribution < -0.4 is 0 Å². The number of Topliss-reactive ketones (excluding diaryl/α,β-unsaturated/α-hetero) is 2. The molecule has 0 amide bonds. The summed E-state index contributed by atoms with van der Waals surface area (Å²) in [7, 11) is 0. The number of hydrogen-bond acceptors (Lipinski definition) is 4. The lowest BCUT2D eigenvalue weighted by Gasteiger charge is -2.25. The highest BCUT2D eigenvalue weighted by molar-refractivity contribution is 6.02. The average Bonchev–Trinajstić information content (AvgIpc) is 2.21. The van der Waals surface area contributed by atoms with Crippen LogP contribution in [0.15, 0.2) is 0 Å². The Hall–Kier alpha value is -1.19. The first-order valence-electron chi connectivity index (χ1n) is 5.77. The highest BCUT2D eigenvalue weighted by Crippen LogP contribution is 2.28. The molecule has 0 heterocycles. The predicted molar refractivity (Wildman–Crippen MR) is 57.8 cm³/mol. The van der Waals surface area contributed by atoms with Crippen molar-refractivity contribution in [3.05, 3.63) is 0 Å². The molecule has 2 unspecified atom stereocenters. The summed E-state index contributed by atoms with van der Waals surface area (Å²) >= 11 is 0. The molecule has 0 N–H and O–H groups in total. The van der Waals surface area contributed by atoms with E-state index in [1.165, 1.54) is 6.92 Å². The molecule has 0 aromatic carbocycles. The van der Waals surface area contributed by atoms with Crippen LogP contribution >= 0.6 is 0 Å². The third kappa shape index (κ3) is 2.90. The number of esters is 1. The Balaban J connectivity index is 2.79. The van der Waals surface area contributed by atoms with E-state index in [-0.39, 0.29) is 18.2 Å². The third-order valence-corrected chi connectivity index (χ3v) is 2.98. The summed E-state index contributed by atoms with van der Waals surface area (Å²) in [6.07, 6.45) is 2.87. The molecule has 1 saturated carbocycles. The van der Waals surface area contributed by atoms with Gasteiger partial charge in [-0.05, 0) is 26.7 Å². The second-order valence-corrected chi connectivity index (χ2v) is 4.16. The average molecular weight is 226 g/mol. The van der Waals surface area contributed by atoms with Crippen molar-refractivity contribution >= 4 is 17.5 Å². The van der Waals surface area contributed by atoms with Crippen LogP contribution in [0.4, 0.5) is 0 Å². The molecule has 1 aliphatic rings. The van der Waals surface area contributed by atoms with Gasteiger partial charge in [-0.3, -0.25) is 14.4 Å². The summed E-state index contributed by atoms with van der Waals surface area (Å²) in [5.41, 5.74) is 0. The smallest absolute Gasteiger partial charge is 0.317 e. The second kappa shape index (κ2) is 5.77. The largest absolute Gasteiger partial charge is 0.465 e. The van der Waals surface area contributed by atoms with E-state index >= 15 is 0 Å². The van der Waals surface area contributed by atoms with Crippen LogP contribution in [0.25, 0.3) is 0 Å². The van der Waals surface area contributed by atoms with Crippen molar-refractivity contribution in [2.45, 2.75) is 39.5 Å². The molecule has 90 valence electrons. The van der Waals surface area contributed by atoms with Crippen LogP contribution in [0.3, 0.4) is 0 Å². The van der Waals surface area contributed by atoms with E-state index in [9.17, 15) is 14.4 Å². The van der Waals surface area contributed by atoms with Crippen molar-refractivity contribution in [1.82, 2.24) is 0 Å². The van der Waals surface area contributed by atoms with Crippen LogP contribution in [-0.2, 0) is 19.1 Å². The summed E-state index contributed by atoms with van der Waals surface area (Å²) in [5.74, 6) is -2.12. The molecule has 2 atom stereocenters. The summed E-state index contributed by atoms with van der Waals surface area (Å²) < 4.78 is 4.85. The fourth-order valence-corrected chi connectivity index (χ4v) is 2.21. The highest BCUT2D eigenvalue weighted by Gasteiger charge is 2.38. The zero-order chi connectivity index (χ0) is 12.1. The fraction of sp³-hybridized carbons (Fsp3) is 0.750. The van der Waals surface area contributed by atoms with Gasteiger partial charge in [-0.2, -0.15) is 0 Å². The van der Waals surface area contributed by atoms with Gasteiger partial charge in [-0.1, -0.05) is 6.42 Å². The van der Waals surface area contributed by atoms with Crippen molar-refractivity contribution in [3.63, 3.8) is 0 Å². The van der Waals surface area contributed by atoms with Gasteiger partial charge in [0.2, 0.25) is 0 Å². The van der Waals surface area contributed by atoms with Gasteiger partial charge in [0.25, 0.3) is 0 Å². The minimum Gasteiger partial charge on any atom is -0.465 e. The van der Waals surface area contributed by atoms with Gasteiger partial charge in [-0.15, -0.1) is 0 Å². The number of carbonyl (C=O) groups excluding carboxylic acids is 3. The Morgan fingerprint density at radius 3 is 2.62 bits per heavy atom. The zero-order valence-corrected chi connectivity index (χ0v) is 9.82. The molecule has 0 bridgehead atoms. The molecule has 0 saturated heterocycles. The molecular weight excluding hydrogens is 208 g/mol. The molecule has 1 fully saturated rings. The van der Waals surface area contributed by atoms with Gasteiger partial charge in [0.15, 0.2) is 0 Å². The van der Waals surface area contributed by atoms with E-state index in [4.69, 9.17) is 4.74 Å². The van der Waals surface area contributed by atoms with Crippen molar-refractivity contribution in [1.29, 1.82) is 0 Å². The normalized spacial score (nSPS) is 22.6. The molecule has 16 heavy (non-hydrogen) atoms. The quantitative estimate of drug-likeness (QED) is 0.538. The topological polar surface area (TPSA) is 60.4 Å². The maximum atomic E-state index is 11.7. The summed E-state index contributed by atoms with van der Waals surface area (Å²) in [6, 6.07) is 0. The maximum Gasteiger partial charge on any atom is 0.317 e. The van der Waals surface area contributed by atoms with Crippen molar-refractivity contribution < 1.29 is 19.1 Å². The van der Waals surface area contributed by atoms with Crippen molar-refractivity contribution in [3.8, 4) is 0 Å². The van der Waals surface area contributed by atoms with Crippen molar-refractivity contribution in [2.75, 3.05) is 6.61 Å². The lowest BCUT2D eigenvalue weighted by molar-refractivity contribution is -0.156. The molecule has 1 rings (SSSR count). The zero-order valence-electron chi connectivity index (χ0n) is 9.82. The van der Waals surface area contributed by atoms with Gasteiger partial charge in [0, 0.05) is 12.3 Å². The van der Waals surface area contributed by atoms with Gasteiger partial charge < -0.3 is 4.74 Å². The van der Waals surface area contributed by atoms with Gasteiger partial charge in [0.05, 0.1) is 6.61 Å². The molecule has 0 spiro atoms. The molecular formula is C12H18O4. The number of rotatable bonds is 4. The van der Waals surface area contributed by atoms with E-state index < -0.39 is 17.8 Å². The molecule has 0 aromatic rings. The van der Waals surface area contributed by atoms with Gasteiger partial charge >= 0.3 is 5.97 Å². The van der Waals surface area contributed by atoms with Crippen LogP contribution in [0.1, 0.15) is 39.5 Å². The van der Waals surface area contributed by atoms with E-state index in [0.29, 0.717) is 12.8 Å². The molecule has 0 aliphatic heterocycles. The van der Waals surface area contributed by atoms with Gasteiger partial charge in [-0.25, -0.2) is 0 Å². The molecule has 4 nitrogen and oxygen atoms in total. The fourth-order valence-electron chi connectivity index (χ4n) is 2.21. The first kappa shape index (κ1) is 12.9. The van der Waals surface area contributed by atoms with Crippen LogP contribution in [0.5, 0.6) is 0 Å².